The van der Waals surface area contributed by atoms with E-state index in [1.54, 1.807) is 38.1 Å². The molecule has 0 aromatic heterocycles. The zero-order chi connectivity index (χ0) is 16.7. The topological polar surface area (TPSA) is 46.5 Å². The van der Waals surface area contributed by atoms with Crippen LogP contribution < -0.4 is 0 Å². The number of allylic oxidation sites excluding steroid dienone is 2. The van der Waals surface area contributed by atoms with Crippen molar-refractivity contribution in [1.82, 2.24) is 0 Å². The predicted octanol–water partition coefficient (Wildman–Crippen LogP) is 5.16. The second-order valence-corrected chi connectivity index (χ2v) is 10.8. The van der Waals surface area contributed by atoms with Gasteiger partial charge in [0.1, 0.15) is 0 Å². The van der Waals surface area contributed by atoms with E-state index in [9.17, 15) is 9.59 Å². The Labute approximate surface area is 162 Å². The zero-order valence-electron chi connectivity index (χ0n) is 11.7. The molecule has 0 radical (unpaired) electrons. The van der Waals surface area contributed by atoms with E-state index in [-0.39, 0.29) is 11.7 Å². The van der Waals surface area contributed by atoms with E-state index in [1.807, 2.05) is 6.07 Å². The first-order chi connectivity index (χ1) is 10.1. The normalized spacial score (nSPS) is 26.5. The van der Waals surface area contributed by atoms with E-state index < -0.39 is 7.56 Å². The third kappa shape index (κ3) is 2.97. The second kappa shape index (κ2) is 6.42. The first-order valence-corrected chi connectivity index (χ1v) is 9.44. The highest BCUT2D eigenvalue weighted by Crippen LogP contribution is 2.52. The fraction of sp³-hybridized carbons (Fsp3) is 0.267. The van der Waals surface area contributed by atoms with Gasteiger partial charge in [-0.3, -0.25) is 9.59 Å². The Morgan fingerprint density at radius 2 is 1.68 bits per heavy atom. The number of amides is 1. The van der Waals surface area contributed by atoms with Gasteiger partial charge in [-0.25, -0.2) is 4.99 Å². The maximum absolute atomic E-state index is 12.4. The van der Waals surface area contributed by atoms with Crippen molar-refractivity contribution in [3.05, 3.63) is 46.0 Å². The van der Waals surface area contributed by atoms with E-state index in [1.165, 1.54) is 0 Å². The van der Waals surface area contributed by atoms with Crippen molar-refractivity contribution in [1.29, 1.82) is 0 Å². The maximum atomic E-state index is 12.4. The van der Waals surface area contributed by atoms with Gasteiger partial charge in [-0.2, -0.15) is 0 Å². The lowest BCUT2D eigenvalue weighted by molar-refractivity contribution is -0.115. The molecular weight excluding hydrogens is 546 g/mol. The number of ketones is 1. The number of aliphatic imine (C=N–C) groups is 1. The number of rotatable bonds is 1. The van der Waals surface area contributed by atoms with Crippen LogP contribution in [-0.2, 0) is 4.79 Å². The molecule has 7 heteroatoms. The standard InChI is InChI=1S/C15H11Br4NO2/c1-8-10(16)12(21)15(18,19)14(2,17)11(8)20-13(22)9-6-4-3-5-7-9/h3-7H,1-2H3/t14-/m0/s1. The predicted molar refractivity (Wildman–Crippen MR) is 103 cm³/mol. The lowest BCUT2D eigenvalue weighted by Crippen LogP contribution is -2.54. The van der Waals surface area contributed by atoms with Crippen LogP contribution in [0, 0.1) is 0 Å². The molecule has 116 valence electrons. The van der Waals surface area contributed by atoms with Gasteiger partial charge < -0.3 is 0 Å². The summed E-state index contributed by atoms with van der Waals surface area (Å²) >= 11 is 13.6. The van der Waals surface area contributed by atoms with Gasteiger partial charge in [0.15, 0.2) is 9.02 Å². The number of halogens is 4. The van der Waals surface area contributed by atoms with Gasteiger partial charge in [-0.1, -0.05) is 66.0 Å². The van der Waals surface area contributed by atoms with Gasteiger partial charge in [-0.15, -0.1) is 0 Å². The summed E-state index contributed by atoms with van der Waals surface area (Å²) in [6, 6.07) is 8.80. The number of Topliss-reactive ketones (excluding diaryl/α,β-unsaturated/α-hetero) is 1. The van der Waals surface area contributed by atoms with Gasteiger partial charge in [0.2, 0.25) is 0 Å². The Balaban J connectivity index is 2.60. The molecule has 3 nitrogen and oxygen atoms in total. The SMILES string of the molecule is CC1=C(Br)C(=O)C(Br)(Br)[C@@](C)(Br)C1=NC(=O)c1ccccc1. The number of alkyl halides is 3. The van der Waals surface area contributed by atoms with Crippen molar-refractivity contribution >= 4 is 81.1 Å². The van der Waals surface area contributed by atoms with Crippen molar-refractivity contribution in [2.75, 3.05) is 0 Å². The van der Waals surface area contributed by atoms with Crippen LogP contribution in [0.15, 0.2) is 45.4 Å². The van der Waals surface area contributed by atoms with Gasteiger partial charge in [0.05, 0.1) is 14.5 Å². The van der Waals surface area contributed by atoms with E-state index in [0.29, 0.717) is 21.3 Å². The van der Waals surface area contributed by atoms with Gasteiger partial charge in [0.25, 0.3) is 5.91 Å². The molecule has 1 aliphatic rings. The Morgan fingerprint density at radius 3 is 2.23 bits per heavy atom. The minimum absolute atomic E-state index is 0.171. The van der Waals surface area contributed by atoms with Crippen molar-refractivity contribution < 1.29 is 9.59 Å². The summed E-state index contributed by atoms with van der Waals surface area (Å²) in [7, 11) is 0. The smallest absolute Gasteiger partial charge is 0.277 e. The summed E-state index contributed by atoms with van der Waals surface area (Å²) in [6.07, 6.45) is 0. The largest absolute Gasteiger partial charge is 0.291 e. The summed E-state index contributed by atoms with van der Waals surface area (Å²) in [4.78, 5) is 29.0. The lowest BCUT2D eigenvalue weighted by atomic mass is 9.87. The van der Waals surface area contributed by atoms with E-state index in [2.05, 4.69) is 68.7 Å². The number of carbonyl (C=O) groups excluding carboxylic acids is 2. The molecule has 0 aliphatic heterocycles. The Kier molecular flexibility index (Phi) is 5.32. The highest BCUT2D eigenvalue weighted by Gasteiger charge is 2.56. The molecule has 0 saturated carbocycles. The van der Waals surface area contributed by atoms with Crippen molar-refractivity contribution in [3.8, 4) is 0 Å². The molecule has 0 saturated heterocycles. The molecule has 22 heavy (non-hydrogen) atoms. The molecule has 0 N–H and O–H groups in total. The van der Waals surface area contributed by atoms with E-state index >= 15 is 0 Å². The summed E-state index contributed by atoms with van der Waals surface area (Å²) in [5, 5.41) is 0. The Hall–Kier alpha value is -0.110. The highest BCUT2D eigenvalue weighted by atomic mass is 79.9. The summed E-state index contributed by atoms with van der Waals surface area (Å²) in [6.45, 7) is 3.54. The quantitative estimate of drug-likeness (QED) is 0.449. The van der Waals surface area contributed by atoms with Crippen molar-refractivity contribution in [2.24, 2.45) is 4.99 Å². The number of benzene rings is 1. The van der Waals surface area contributed by atoms with Crippen LogP contribution in [0.5, 0.6) is 0 Å². The van der Waals surface area contributed by atoms with E-state index in [4.69, 9.17) is 0 Å². The van der Waals surface area contributed by atoms with Gasteiger partial charge in [-0.05, 0) is 47.5 Å². The minimum atomic E-state index is -1.10. The van der Waals surface area contributed by atoms with Crippen LogP contribution in [0.25, 0.3) is 0 Å². The van der Waals surface area contributed by atoms with Crippen LogP contribution in [0.4, 0.5) is 0 Å². The van der Waals surface area contributed by atoms with Gasteiger partial charge >= 0.3 is 0 Å². The average molecular weight is 557 g/mol. The second-order valence-electron chi connectivity index (χ2n) is 4.98. The van der Waals surface area contributed by atoms with Crippen molar-refractivity contribution in [3.63, 3.8) is 0 Å². The van der Waals surface area contributed by atoms with E-state index in [0.717, 1.165) is 0 Å². The van der Waals surface area contributed by atoms with Crippen LogP contribution in [-0.4, -0.2) is 25.0 Å². The zero-order valence-corrected chi connectivity index (χ0v) is 18.0. The molecule has 1 aromatic rings. The summed E-state index contributed by atoms with van der Waals surface area (Å²) in [5.41, 5.74) is 1.61. The Morgan fingerprint density at radius 1 is 1.14 bits per heavy atom. The molecule has 1 amide bonds. The molecule has 1 aliphatic carbocycles. The molecular formula is C15H11Br4NO2. The summed E-state index contributed by atoms with van der Waals surface area (Å²) < 4.78 is -1.60. The highest BCUT2D eigenvalue weighted by molar-refractivity contribution is 9.27. The third-order valence-electron chi connectivity index (χ3n) is 3.44. The minimum Gasteiger partial charge on any atom is -0.291 e. The average Bonchev–Trinajstić information content (AvgIpc) is 2.49. The third-order valence-corrected chi connectivity index (χ3v) is 8.73. The number of carbonyl (C=O) groups is 2. The lowest BCUT2D eigenvalue weighted by Gasteiger charge is -2.40. The summed E-state index contributed by atoms with van der Waals surface area (Å²) in [5.74, 6) is -0.526. The fourth-order valence-corrected chi connectivity index (χ4v) is 4.42. The Bertz CT molecular complexity index is 706. The molecule has 1 atom stereocenters. The van der Waals surface area contributed by atoms with Crippen LogP contribution in [0.2, 0.25) is 0 Å². The van der Waals surface area contributed by atoms with Crippen LogP contribution in [0.1, 0.15) is 24.2 Å². The van der Waals surface area contributed by atoms with Crippen molar-refractivity contribution in [2.45, 2.75) is 21.4 Å². The monoisotopic (exact) mass is 553 g/mol. The maximum Gasteiger partial charge on any atom is 0.277 e. The first-order valence-electron chi connectivity index (χ1n) is 6.27. The molecule has 1 aromatic carbocycles. The fourth-order valence-electron chi connectivity index (χ4n) is 2.06. The molecule has 0 heterocycles. The number of hydrogen-bond acceptors (Lipinski definition) is 2. The first kappa shape index (κ1) is 18.2. The number of nitrogens with zero attached hydrogens (tertiary/aromatic N) is 1. The molecule has 0 unspecified atom stereocenters. The number of hydrogen-bond donors (Lipinski definition) is 0. The molecule has 0 spiro atoms. The molecule has 0 bridgehead atoms. The van der Waals surface area contributed by atoms with Crippen LogP contribution in [0.3, 0.4) is 0 Å². The van der Waals surface area contributed by atoms with Gasteiger partial charge in [0, 0.05) is 5.56 Å². The molecule has 2 rings (SSSR count). The van der Waals surface area contributed by atoms with Crippen LogP contribution >= 0.6 is 63.7 Å². The molecule has 0 fully saturated rings.